The van der Waals surface area contributed by atoms with Gasteiger partial charge in [0.2, 0.25) is 0 Å². The molecule has 0 spiro atoms. The minimum Gasteiger partial charge on any atom is -0.380 e. The Morgan fingerprint density at radius 1 is 1.25 bits per heavy atom. The van der Waals surface area contributed by atoms with Crippen molar-refractivity contribution in [1.82, 2.24) is 10.2 Å². The maximum Gasteiger partial charge on any atom is 0.0593 e. The van der Waals surface area contributed by atoms with Gasteiger partial charge >= 0.3 is 0 Å². The van der Waals surface area contributed by atoms with Gasteiger partial charge in [-0.3, -0.25) is 0 Å². The zero-order valence-electron chi connectivity index (χ0n) is 11.4. The highest BCUT2D eigenvalue weighted by Crippen LogP contribution is 2.13. The molecule has 3 heteroatoms. The number of nitrogens with zero attached hydrogens (tertiary/aromatic N) is 1. The Bertz CT molecular complexity index is 181. The molecule has 0 radical (unpaired) electrons. The molecule has 0 aromatic heterocycles. The molecule has 0 saturated carbocycles. The molecule has 0 aliphatic carbocycles. The number of likely N-dealkylation sites (tertiary alicyclic amines) is 1. The van der Waals surface area contributed by atoms with Crippen molar-refractivity contribution in [1.29, 1.82) is 0 Å². The molecule has 0 bridgehead atoms. The lowest BCUT2D eigenvalue weighted by molar-refractivity contribution is 0.0970. The van der Waals surface area contributed by atoms with Gasteiger partial charge in [0.05, 0.1) is 6.61 Å². The standard InChI is InChI=1S/C13H28N2O/c1-5-16-11-10-15-8-6-12(7-9-15)14-13(2,3)4/h12,14H,5-11H2,1-4H3. The van der Waals surface area contributed by atoms with Crippen LogP contribution in [0.15, 0.2) is 0 Å². The summed E-state index contributed by atoms with van der Waals surface area (Å²) in [5.41, 5.74) is 0.248. The first-order chi connectivity index (χ1) is 7.51. The fraction of sp³-hybridized carbons (Fsp3) is 1.00. The van der Waals surface area contributed by atoms with E-state index < -0.39 is 0 Å². The summed E-state index contributed by atoms with van der Waals surface area (Å²) in [6.07, 6.45) is 2.53. The molecule has 1 N–H and O–H groups in total. The first-order valence-electron chi connectivity index (χ1n) is 6.59. The average Bonchev–Trinajstić information content (AvgIpc) is 2.19. The molecule has 1 rings (SSSR count). The number of ether oxygens (including phenoxy) is 1. The van der Waals surface area contributed by atoms with Crippen molar-refractivity contribution in [3.05, 3.63) is 0 Å². The molecule has 0 unspecified atom stereocenters. The van der Waals surface area contributed by atoms with Crippen LogP contribution in [0.25, 0.3) is 0 Å². The van der Waals surface area contributed by atoms with Gasteiger partial charge in [0.25, 0.3) is 0 Å². The molecule has 1 aliphatic heterocycles. The van der Waals surface area contributed by atoms with Crippen LogP contribution in [0.2, 0.25) is 0 Å². The second kappa shape index (κ2) is 6.58. The van der Waals surface area contributed by atoms with E-state index in [4.69, 9.17) is 4.74 Å². The summed E-state index contributed by atoms with van der Waals surface area (Å²) in [6.45, 7) is 14.0. The van der Waals surface area contributed by atoms with Crippen LogP contribution in [-0.4, -0.2) is 49.3 Å². The van der Waals surface area contributed by atoms with Gasteiger partial charge in [0.15, 0.2) is 0 Å². The quantitative estimate of drug-likeness (QED) is 0.727. The van der Waals surface area contributed by atoms with Crippen LogP contribution in [0.3, 0.4) is 0 Å². The lowest BCUT2D eigenvalue weighted by Crippen LogP contribution is -2.49. The van der Waals surface area contributed by atoms with Gasteiger partial charge in [-0.15, -0.1) is 0 Å². The highest BCUT2D eigenvalue weighted by atomic mass is 16.5. The van der Waals surface area contributed by atoms with Crippen LogP contribution >= 0.6 is 0 Å². The summed E-state index contributed by atoms with van der Waals surface area (Å²) in [5, 5.41) is 3.69. The fourth-order valence-electron chi connectivity index (χ4n) is 2.25. The average molecular weight is 228 g/mol. The molecule has 0 aromatic rings. The van der Waals surface area contributed by atoms with E-state index in [2.05, 4.69) is 37.9 Å². The van der Waals surface area contributed by atoms with E-state index in [1.807, 2.05) is 0 Å². The molecule has 0 amide bonds. The Balaban J connectivity index is 2.13. The highest BCUT2D eigenvalue weighted by Gasteiger charge is 2.22. The Labute approximate surface area is 101 Å². The van der Waals surface area contributed by atoms with Gasteiger partial charge in [-0.1, -0.05) is 0 Å². The molecule has 1 saturated heterocycles. The van der Waals surface area contributed by atoms with Crippen molar-refractivity contribution in [3.63, 3.8) is 0 Å². The Hall–Kier alpha value is -0.120. The molecule has 0 atom stereocenters. The van der Waals surface area contributed by atoms with E-state index in [1.165, 1.54) is 25.9 Å². The lowest BCUT2D eigenvalue weighted by Gasteiger charge is -2.36. The Morgan fingerprint density at radius 3 is 2.38 bits per heavy atom. The molecule has 96 valence electrons. The van der Waals surface area contributed by atoms with Gasteiger partial charge in [-0.05, 0) is 53.6 Å². The van der Waals surface area contributed by atoms with Crippen LogP contribution in [-0.2, 0) is 4.74 Å². The minimum atomic E-state index is 0.248. The van der Waals surface area contributed by atoms with Crippen LogP contribution < -0.4 is 5.32 Å². The molecule has 16 heavy (non-hydrogen) atoms. The first-order valence-corrected chi connectivity index (χ1v) is 6.59. The third-order valence-electron chi connectivity index (χ3n) is 2.98. The fourth-order valence-corrected chi connectivity index (χ4v) is 2.25. The molecule has 1 aliphatic rings. The summed E-state index contributed by atoms with van der Waals surface area (Å²) in [7, 11) is 0. The second-order valence-corrected chi connectivity index (χ2v) is 5.71. The van der Waals surface area contributed by atoms with E-state index >= 15 is 0 Å². The maximum absolute atomic E-state index is 5.39. The number of rotatable bonds is 5. The summed E-state index contributed by atoms with van der Waals surface area (Å²) < 4.78 is 5.39. The summed E-state index contributed by atoms with van der Waals surface area (Å²) >= 11 is 0. The van der Waals surface area contributed by atoms with Gasteiger partial charge in [0, 0.05) is 24.7 Å². The second-order valence-electron chi connectivity index (χ2n) is 5.71. The van der Waals surface area contributed by atoms with E-state index in [9.17, 15) is 0 Å². The molecule has 1 fully saturated rings. The van der Waals surface area contributed by atoms with E-state index in [0.29, 0.717) is 6.04 Å². The smallest absolute Gasteiger partial charge is 0.0593 e. The molecular weight excluding hydrogens is 200 g/mol. The third-order valence-corrected chi connectivity index (χ3v) is 2.98. The number of hydrogen-bond acceptors (Lipinski definition) is 3. The predicted octanol–water partition coefficient (Wildman–Crippen LogP) is 1.88. The number of nitrogens with one attached hydrogen (secondary N) is 1. The molecule has 0 aromatic carbocycles. The summed E-state index contributed by atoms with van der Waals surface area (Å²) in [5.74, 6) is 0. The largest absolute Gasteiger partial charge is 0.380 e. The van der Waals surface area contributed by atoms with Crippen molar-refractivity contribution >= 4 is 0 Å². The van der Waals surface area contributed by atoms with Crippen molar-refractivity contribution in [2.24, 2.45) is 0 Å². The van der Waals surface area contributed by atoms with Crippen LogP contribution in [0, 0.1) is 0 Å². The maximum atomic E-state index is 5.39. The Morgan fingerprint density at radius 2 is 1.88 bits per heavy atom. The minimum absolute atomic E-state index is 0.248. The number of hydrogen-bond donors (Lipinski definition) is 1. The van der Waals surface area contributed by atoms with Gasteiger partial charge < -0.3 is 15.0 Å². The SMILES string of the molecule is CCOCCN1CCC(NC(C)(C)C)CC1. The monoisotopic (exact) mass is 228 g/mol. The van der Waals surface area contributed by atoms with Crippen LogP contribution in [0.4, 0.5) is 0 Å². The zero-order chi connectivity index (χ0) is 12.0. The first kappa shape index (κ1) is 13.9. The van der Waals surface area contributed by atoms with Gasteiger partial charge in [-0.2, -0.15) is 0 Å². The summed E-state index contributed by atoms with van der Waals surface area (Å²) in [4.78, 5) is 2.51. The van der Waals surface area contributed by atoms with E-state index in [0.717, 1.165) is 19.8 Å². The predicted molar refractivity (Wildman–Crippen MR) is 68.8 cm³/mol. The topological polar surface area (TPSA) is 24.5 Å². The molecule has 1 heterocycles. The van der Waals surface area contributed by atoms with Crippen LogP contribution in [0.1, 0.15) is 40.5 Å². The Kier molecular flexibility index (Phi) is 5.73. The zero-order valence-corrected chi connectivity index (χ0v) is 11.4. The van der Waals surface area contributed by atoms with Crippen LogP contribution in [0.5, 0.6) is 0 Å². The van der Waals surface area contributed by atoms with E-state index in [-0.39, 0.29) is 5.54 Å². The van der Waals surface area contributed by atoms with Crippen molar-refractivity contribution in [3.8, 4) is 0 Å². The number of piperidine rings is 1. The highest BCUT2D eigenvalue weighted by molar-refractivity contribution is 4.82. The van der Waals surface area contributed by atoms with Crippen molar-refractivity contribution in [2.75, 3.05) is 32.8 Å². The van der Waals surface area contributed by atoms with Gasteiger partial charge in [-0.25, -0.2) is 0 Å². The van der Waals surface area contributed by atoms with E-state index in [1.54, 1.807) is 0 Å². The normalized spacial score (nSPS) is 20.2. The van der Waals surface area contributed by atoms with Crippen molar-refractivity contribution in [2.45, 2.75) is 52.1 Å². The third kappa shape index (κ3) is 5.83. The molecule has 3 nitrogen and oxygen atoms in total. The summed E-state index contributed by atoms with van der Waals surface area (Å²) in [6, 6.07) is 0.698. The van der Waals surface area contributed by atoms with Gasteiger partial charge in [0.1, 0.15) is 0 Å². The molecular formula is C13H28N2O. The lowest BCUT2D eigenvalue weighted by atomic mass is 10.00. The van der Waals surface area contributed by atoms with Crippen molar-refractivity contribution < 1.29 is 4.74 Å².